The summed E-state index contributed by atoms with van der Waals surface area (Å²) >= 11 is 0. The predicted molar refractivity (Wildman–Crippen MR) is 138 cm³/mol. The minimum absolute atomic E-state index is 0.161. The number of sulfonamides is 1. The molecule has 0 aromatic heterocycles. The van der Waals surface area contributed by atoms with E-state index in [1.165, 1.54) is 5.56 Å². The Morgan fingerprint density at radius 2 is 1.49 bits per heavy atom. The lowest BCUT2D eigenvalue weighted by Gasteiger charge is -2.32. The minimum atomic E-state index is -3.30. The molecule has 35 heavy (non-hydrogen) atoms. The number of piperidine rings is 1. The van der Waals surface area contributed by atoms with Crippen LogP contribution in [0.2, 0.25) is 0 Å². The molecule has 1 heterocycles. The Bertz CT molecular complexity index is 1210. The highest BCUT2D eigenvalue weighted by atomic mass is 32.2. The second kappa shape index (κ2) is 11.2. The number of carbonyl (C=O) groups is 1. The molecule has 2 amide bonds. The Hall–Kier alpha value is -3.56. The van der Waals surface area contributed by atoms with E-state index in [0.29, 0.717) is 17.2 Å². The fourth-order valence-corrected chi connectivity index (χ4v) is 4.54. The molecule has 184 valence electrons. The zero-order valence-electron chi connectivity index (χ0n) is 19.6. The number of benzene rings is 3. The summed E-state index contributed by atoms with van der Waals surface area (Å²) in [6.45, 7) is 2.68. The van der Waals surface area contributed by atoms with Gasteiger partial charge in [-0.2, -0.15) is 0 Å². The van der Waals surface area contributed by atoms with Crippen molar-refractivity contribution in [3.63, 3.8) is 0 Å². The second-order valence-corrected chi connectivity index (χ2v) is 10.4. The summed E-state index contributed by atoms with van der Waals surface area (Å²) in [4.78, 5) is 14.6. The molecule has 0 aliphatic carbocycles. The number of hydrogen-bond acceptors (Lipinski definition) is 5. The van der Waals surface area contributed by atoms with Crippen molar-refractivity contribution in [2.75, 3.05) is 29.4 Å². The molecule has 9 heteroatoms. The molecule has 3 aromatic rings. The first kappa shape index (κ1) is 24.6. The van der Waals surface area contributed by atoms with E-state index in [-0.39, 0.29) is 12.1 Å². The van der Waals surface area contributed by atoms with Gasteiger partial charge in [-0.1, -0.05) is 30.3 Å². The standard InChI is InChI=1S/C26H30N4O4S/c1-35(32,33)29-23-9-13-25(14-10-23)34-24-11-7-20(8-12-24)19-30-17-15-22(16-18-30)28-26(31)27-21-5-3-2-4-6-21/h2-14,22,29H,15-19H2,1H3,(H2,27,28,31). The lowest BCUT2D eigenvalue weighted by atomic mass is 10.0. The third-order valence-corrected chi connectivity index (χ3v) is 6.28. The molecule has 0 radical (unpaired) electrons. The molecular formula is C26H30N4O4S. The number of hydrogen-bond donors (Lipinski definition) is 3. The lowest BCUT2D eigenvalue weighted by Crippen LogP contribution is -2.45. The Labute approximate surface area is 206 Å². The summed E-state index contributed by atoms with van der Waals surface area (Å²) in [7, 11) is -3.30. The van der Waals surface area contributed by atoms with Crippen LogP contribution in [0.15, 0.2) is 78.9 Å². The molecule has 8 nitrogen and oxygen atoms in total. The van der Waals surface area contributed by atoms with Crippen LogP contribution >= 0.6 is 0 Å². The van der Waals surface area contributed by atoms with Gasteiger partial charge in [-0.25, -0.2) is 13.2 Å². The third-order valence-electron chi connectivity index (χ3n) is 5.68. The zero-order chi connectivity index (χ0) is 24.7. The van der Waals surface area contributed by atoms with Gasteiger partial charge < -0.3 is 15.4 Å². The Morgan fingerprint density at radius 1 is 0.886 bits per heavy atom. The average Bonchev–Trinajstić information content (AvgIpc) is 2.82. The monoisotopic (exact) mass is 494 g/mol. The molecule has 4 rings (SSSR count). The molecule has 1 aliphatic rings. The number of nitrogens with zero attached hydrogens (tertiary/aromatic N) is 1. The van der Waals surface area contributed by atoms with E-state index >= 15 is 0 Å². The van der Waals surface area contributed by atoms with E-state index < -0.39 is 10.0 Å². The number of carbonyl (C=O) groups excluding carboxylic acids is 1. The number of nitrogens with one attached hydrogen (secondary N) is 3. The molecule has 0 unspecified atom stereocenters. The van der Waals surface area contributed by atoms with E-state index in [4.69, 9.17) is 4.74 Å². The van der Waals surface area contributed by atoms with Crippen LogP contribution in [-0.2, 0) is 16.6 Å². The summed E-state index contributed by atoms with van der Waals surface area (Å²) in [6, 6.07) is 24.2. The van der Waals surface area contributed by atoms with Crippen molar-refractivity contribution in [1.82, 2.24) is 10.2 Å². The maximum absolute atomic E-state index is 12.2. The van der Waals surface area contributed by atoms with Gasteiger partial charge in [-0.05, 0) is 66.9 Å². The van der Waals surface area contributed by atoms with Gasteiger partial charge in [-0.15, -0.1) is 0 Å². The summed E-state index contributed by atoms with van der Waals surface area (Å²) in [5.74, 6) is 1.34. The van der Waals surface area contributed by atoms with Crippen LogP contribution in [0.3, 0.4) is 0 Å². The van der Waals surface area contributed by atoms with Crippen LogP contribution in [0.5, 0.6) is 11.5 Å². The number of anilines is 2. The normalized spacial score (nSPS) is 14.8. The van der Waals surface area contributed by atoms with Gasteiger partial charge in [0.05, 0.1) is 6.26 Å². The summed E-state index contributed by atoms with van der Waals surface area (Å²) in [5.41, 5.74) is 2.47. The van der Waals surface area contributed by atoms with E-state index in [1.807, 2.05) is 54.6 Å². The van der Waals surface area contributed by atoms with Crippen molar-refractivity contribution in [3.8, 4) is 11.5 Å². The van der Waals surface area contributed by atoms with Crippen molar-refractivity contribution in [1.29, 1.82) is 0 Å². The van der Waals surface area contributed by atoms with Gasteiger partial charge in [0.15, 0.2) is 0 Å². The van der Waals surface area contributed by atoms with E-state index in [2.05, 4.69) is 20.3 Å². The molecule has 0 saturated carbocycles. The van der Waals surface area contributed by atoms with Gasteiger partial charge in [-0.3, -0.25) is 9.62 Å². The Balaban J connectivity index is 1.20. The van der Waals surface area contributed by atoms with Crippen molar-refractivity contribution < 1.29 is 17.9 Å². The van der Waals surface area contributed by atoms with Crippen LogP contribution in [0.25, 0.3) is 0 Å². The molecule has 3 N–H and O–H groups in total. The van der Waals surface area contributed by atoms with Crippen LogP contribution < -0.4 is 20.1 Å². The number of likely N-dealkylation sites (tertiary alicyclic amines) is 1. The topological polar surface area (TPSA) is 99.8 Å². The smallest absolute Gasteiger partial charge is 0.319 e. The van der Waals surface area contributed by atoms with Crippen LogP contribution in [0, 0.1) is 0 Å². The number of para-hydroxylation sites is 1. The average molecular weight is 495 g/mol. The summed E-state index contributed by atoms with van der Waals surface area (Å²) in [5, 5.41) is 5.94. The molecule has 0 spiro atoms. The highest BCUT2D eigenvalue weighted by Gasteiger charge is 2.20. The van der Waals surface area contributed by atoms with Crippen molar-refractivity contribution in [2.45, 2.75) is 25.4 Å². The van der Waals surface area contributed by atoms with Crippen LogP contribution in [0.4, 0.5) is 16.2 Å². The lowest BCUT2D eigenvalue weighted by molar-refractivity contribution is 0.190. The fourth-order valence-electron chi connectivity index (χ4n) is 3.97. The first-order chi connectivity index (χ1) is 16.8. The maximum Gasteiger partial charge on any atom is 0.319 e. The molecule has 1 fully saturated rings. The number of urea groups is 1. The molecule has 0 bridgehead atoms. The molecule has 3 aromatic carbocycles. The highest BCUT2D eigenvalue weighted by molar-refractivity contribution is 7.92. The quantitative estimate of drug-likeness (QED) is 0.424. The highest BCUT2D eigenvalue weighted by Crippen LogP contribution is 2.24. The van der Waals surface area contributed by atoms with Gasteiger partial charge in [0.2, 0.25) is 10.0 Å². The first-order valence-corrected chi connectivity index (χ1v) is 13.4. The zero-order valence-corrected chi connectivity index (χ0v) is 20.4. The van der Waals surface area contributed by atoms with E-state index in [1.54, 1.807) is 24.3 Å². The van der Waals surface area contributed by atoms with Crippen LogP contribution in [0.1, 0.15) is 18.4 Å². The summed E-state index contributed by atoms with van der Waals surface area (Å²) < 4.78 is 30.9. The van der Waals surface area contributed by atoms with Gasteiger partial charge in [0.25, 0.3) is 0 Å². The third kappa shape index (κ3) is 8.01. The predicted octanol–water partition coefficient (Wildman–Crippen LogP) is 4.64. The van der Waals surface area contributed by atoms with Gasteiger partial charge in [0.1, 0.15) is 11.5 Å². The van der Waals surface area contributed by atoms with Crippen molar-refractivity contribution in [2.24, 2.45) is 0 Å². The van der Waals surface area contributed by atoms with Gasteiger partial charge >= 0.3 is 6.03 Å². The molecule has 1 saturated heterocycles. The largest absolute Gasteiger partial charge is 0.457 e. The minimum Gasteiger partial charge on any atom is -0.457 e. The maximum atomic E-state index is 12.2. The van der Waals surface area contributed by atoms with Crippen molar-refractivity contribution >= 4 is 27.4 Å². The van der Waals surface area contributed by atoms with E-state index in [9.17, 15) is 13.2 Å². The molecule has 1 aliphatic heterocycles. The van der Waals surface area contributed by atoms with E-state index in [0.717, 1.165) is 44.4 Å². The van der Waals surface area contributed by atoms with Gasteiger partial charge in [0, 0.05) is 37.1 Å². The molecule has 0 atom stereocenters. The first-order valence-electron chi connectivity index (χ1n) is 11.5. The summed E-state index contributed by atoms with van der Waals surface area (Å²) in [6.07, 6.45) is 2.94. The SMILES string of the molecule is CS(=O)(=O)Nc1ccc(Oc2ccc(CN3CCC(NC(=O)Nc4ccccc4)CC3)cc2)cc1. The number of ether oxygens (including phenoxy) is 1. The number of rotatable bonds is 8. The molecular weight excluding hydrogens is 464 g/mol. The number of amides is 2. The van der Waals surface area contributed by atoms with Crippen molar-refractivity contribution in [3.05, 3.63) is 84.4 Å². The van der Waals surface area contributed by atoms with Crippen LogP contribution in [-0.4, -0.2) is 44.7 Å². The Kier molecular flexibility index (Phi) is 7.89. The second-order valence-electron chi connectivity index (χ2n) is 8.66. The fraction of sp³-hybridized carbons (Fsp3) is 0.269. The Morgan fingerprint density at radius 3 is 2.09 bits per heavy atom.